The van der Waals surface area contributed by atoms with Gasteiger partial charge in [0.1, 0.15) is 17.8 Å². The zero-order valence-corrected chi connectivity index (χ0v) is 10.3. The molecule has 1 fully saturated rings. The summed E-state index contributed by atoms with van der Waals surface area (Å²) < 4.78 is 0. The van der Waals surface area contributed by atoms with E-state index >= 15 is 0 Å². The van der Waals surface area contributed by atoms with Crippen molar-refractivity contribution in [1.29, 1.82) is 0 Å². The molecule has 1 aliphatic heterocycles. The van der Waals surface area contributed by atoms with Crippen molar-refractivity contribution in [2.45, 2.75) is 45.2 Å². The van der Waals surface area contributed by atoms with E-state index in [9.17, 15) is 0 Å². The summed E-state index contributed by atoms with van der Waals surface area (Å²) in [6.45, 7) is 4.58. The SMILES string of the molecule is CC1CCCC(C)N1c1ncnc2[nH]ccc12. The summed E-state index contributed by atoms with van der Waals surface area (Å²) in [6, 6.07) is 3.19. The van der Waals surface area contributed by atoms with Gasteiger partial charge < -0.3 is 9.88 Å². The highest BCUT2D eigenvalue weighted by Crippen LogP contribution is 2.31. The van der Waals surface area contributed by atoms with Crippen molar-refractivity contribution in [3.05, 3.63) is 18.6 Å². The molecule has 0 spiro atoms. The standard InChI is InChI=1S/C13H18N4/c1-9-4-3-5-10(2)17(9)13-11-6-7-14-12(11)15-8-16-13/h6-10H,3-5H2,1-2H3,(H,14,15,16). The fourth-order valence-corrected chi connectivity index (χ4v) is 2.90. The fourth-order valence-electron chi connectivity index (χ4n) is 2.90. The summed E-state index contributed by atoms with van der Waals surface area (Å²) in [4.78, 5) is 14.3. The minimum absolute atomic E-state index is 0.562. The minimum atomic E-state index is 0.562. The van der Waals surface area contributed by atoms with E-state index in [4.69, 9.17) is 0 Å². The normalized spacial score (nSPS) is 25.4. The lowest BCUT2D eigenvalue weighted by Crippen LogP contribution is -2.44. The summed E-state index contributed by atoms with van der Waals surface area (Å²) in [5, 5.41) is 1.13. The van der Waals surface area contributed by atoms with Gasteiger partial charge in [-0.3, -0.25) is 0 Å². The van der Waals surface area contributed by atoms with Gasteiger partial charge in [-0.15, -0.1) is 0 Å². The Labute approximate surface area is 101 Å². The van der Waals surface area contributed by atoms with Crippen LogP contribution in [0.2, 0.25) is 0 Å². The third-order valence-corrected chi connectivity index (χ3v) is 3.77. The second-order valence-corrected chi connectivity index (χ2v) is 4.97. The molecule has 90 valence electrons. The molecule has 1 aliphatic rings. The molecule has 0 radical (unpaired) electrons. The first-order valence-corrected chi connectivity index (χ1v) is 6.34. The van der Waals surface area contributed by atoms with E-state index in [1.54, 1.807) is 6.33 Å². The van der Waals surface area contributed by atoms with E-state index in [0.717, 1.165) is 16.9 Å². The highest BCUT2D eigenvalue weighted by atomic mass is 15.2. The molecule has 0 amide bonds. The number of fused-ring (bicyclic) bond motifs is 1. The van der Waals surface area contributed by atoms with Crippen molar-refractivity contribution in [3.63, 3.8) is 0 Å². The molecule has 1 N–H and O–H groups in total. The average molecular weight is 230 g/mol. The zero-order chi connectivity index (χ0) is 11.8. The molecule has 1 saturated heterocycles. The molecule has 4 nitrogen and oxygen atoms in total. The van der Waals surface area contributed by atoms with Gasteiger partial charge in [-0.1, -0.05) is 0 Å². The molecule has 3 heterocycles. The Hall–Kier alpha value is -1.58. The Morgan fingerprint density at radius 2 is 2.00 bits per heavy atom. The van der Waals surface area contributed by atoms with Crippen LogP contribution >= 0.6 is 0 Å². The molecule has 0 aromatic carbocycles. The Bertz CT molecular complexity index is 509. The van der Waals surface area contributed by atoms with Crippen LogP contribution in [0.4, 0.5) is 5.82 Å². The highest BCUT2D eigenvalue weighted by molar-refractivity contribution is 5.87. The Balaban J connectivity index is 2.10. The maximum atomic E-state index is 4.50. The third-order valence-electron chi connectivity index (χ3n) is 3.77. The van der Waals surface area contributed by atoms with Crippen LogP contribution in [0.5, 0.6) is 0 Å². The predicted molar refractivity (Wildman–Crippen MR) is 69.1 cm³/mol. The van der Waals surface area contributed by atoms with Crippen molar-refractivity contribution in [1.82, 2.24) is 15.0 Å². The van der Waals surface area contributed by atoms with Gasteiger partial charge in [-0.25, -0.2) is 9.97 Å². The molecule has 0 aliphatic carbocycles. The molecular formula is C13H18N4. The summed E-state index contributed by atoms with van der Waals surface area (Å²) in [5.74, 6) is 1.08. The summed E-state index contributed by atoms with van der Waals surface area (Å²) in [5.41, 5.74) is 0.931. The third kappa shape index (κ3) is 1.68. The van der Waals surface area contributed by atoms with Gasteiger partial charge in [0.2, 0.25) is 0 Å². The summed E-state index contributed by atoms with van der Waals surface area (Å²) >= 11 is 0. The first-order valence-electron chi connectivity index (χ1n) is 6.34. The van der Waals surface area contributed by atoms with Gasteiger partial charge in [0, 0.05) is 18.3 Å². The monoisotopic (exact) mass is 230 g/mol. The second kappa shape index (κ2) is 4.02. The van der Waals surface area contributed by atoms with Crippen LogP contribution < -0.4 is 4.90 Å². The topological polar surface area (TPSA) is 44.8 Å². The number of rotatable bonds is 1. The summed E-state index contributed by atoms with van der Waals surface area (Å²) in [6.07, 6.45) is 7.41. The minimum Gasteiger partial charge on any atom is -0.351 e. The van der Waals surface area contributed by atoms with E-state index < -0.39 is 0 Å². The Morgan fingerprint density at radius 3 is 2.76 bits per heavy atom. The van der Waals surface area contributed by atoms with Crippen molar-refractivity contribution >= 4 is 16.9 Å². The van der Waals surface area contributed by atoms with Crippen LogP contribution in [-0.4, -0.2) is 27.0 Å². The van der Waals surface area contributed by atoms with Crippen LogP contribution in [0.3, 0.4) is 0 Å². The molecule has 2 aromatic heterocycles. The van der Waals surface area contributed by atoms with E-state index in [1.807, 2.05) is 6.20 Å². The number of piperidine rings is 1. The molecule has 2 atom stereocenters. The van der Waals surface area contributed by atoms with Gasteiger partial charge in [0.05, 0.1) is 5.39 Å². The number of aromatic nitrogens is 3. The molecule has 4 heteroatoms. The van der Waals surface area contributed by atoms with Gasteiger partial charge in [-0.05, 0) is 39.2 Å². The molecule has 2 unspecified atom stereocenters. The lowest BCUT2D eigenvalue weighted by atomic mass is 9.97. The van der Waals surface area contributed by atoms with Crippen molar-refractivity contribution < 1.29 is 0 Å². The average Bonchev–Trinajstić information content (AvgIpc) is 2.77. The maximum absolute atomic E-state index is 4.50. The van der Waals surface area contributed by atoms with E-state index in [1.165, 1.54) is 19.3 Å². The number of hydrogen-bond donors (Lipinski definition) is 1. The lowest BCUT2D eigenvalue weighted by Gasteiger charge is -2.40. The Kier molecular flexibility index (Phi) is 2.50. The van der Waals surface area contributed by atoms with Crippen molar-refractivity contribution in [3.8, 4) is 0 Å². The first-order chi connectivity index (χ1) is 8.27. The van der Waals surface area contributed by atoms with Crippen LogP contribution in [0.15, 0.2) is 18.6 Å². The number of aromatic amines is 1. The lowest BCUT2D eigenvalue weighted by molar-refractivity contribution is 0.412. The van der Waals surface area contributed by atoms with Gasteiger partial charge in [0.15, 0.2) is 0 Å². The van der Waals surface area contributed by atoms with Crippen LogP contribution in [0.25, 0.3) is 11.0 Å². The number of anilines is 1. The molecule has 0 saturated carbocycles. The van der Waals surface area contributed by atoms with Gasteiger partial charge >= 0.3 is 0 Å². The smallest absolute Gasteiger partial charge is 0.142 e. The van der Waals surface area contributed by atoms with E-state index in [0.29, 0.717) is 12.1 Å². The van der Waals surface area contributed by atoms with E-state index in [2.05, 4.69) is 39.8 Å². The van der Waals surface area contributed by atoms with Gasteiger partial charge in [-0.2, -0.15) is 0 Å². The van der Waals surface area contributed by atoms with E-state index in [-0.39, 0.29) is 0 Å². The van der Waals surface area contributed by atoms with Crippen molar-refractivity contribution in [2.24, 2.45) is 0 Å². The second-order valence-electron chi connectivity index (χ2n) is 4.97. The van der Waals surface area contributed by atoms with Gasteiger partial charge in [0.25, 0.3) is 0 Å². The molecular weight excluding hydrogens is 212 g/mol. The number of hydrogen-bond acceptors (Lipinski definition) is 3. The maximum Gasteiger partial charge on any atom is 0.142 e. The quantitative estimate of drug-likeness (QED) is 0.819. The number of H-pyrrole nitrogens is 1. The molecule has 17 heavy (non-hydrogen) atoms. The Morgan fingerprint density at radius 1 is 1.24 bits per heavy atom. The highest BCUT2D eigenvalue weighted by Gasteiger charge is 2.27. The zero-order valence-electron chi connectivity index (χ0n) is 10.3. The van der Waals surface area contributed by atoms with Crippen LogP contribution in [-0.2, 0) is 0 Å². The number of nitrogens with one attached hydrogen (secondary N) is 1. The fraction of sp³-hybridized carbons (Fsp3) is 0.538. The molecule has 3 rings (SSSR count). The largest absolute Gasteiger partial charge is 0.351 e. The van der Waals surface area contributed by atoms with Crippen LogP contribution in [0, 0.1) is 0 Å². The molecule has 2 aromatic rings. The predicted octanol–water partition coefficient (Wildman–Crippen LogP) is 2.73. The first kappa shape index (κ1) is 10.6. The van der Waals surface area contributed by atoms with Crippen LogP contribution in [0.1, 0.15) is 33.1 Å². The molecule has 0 bridgehead atoms. The number of nitrogens with zero attached hydrogens (tertiary/aromatic N) is 3. The van der Waals surface area contributed by atoms with Crippen molar-refractivity contribution in [2.75, 3.05) is 4.90 Å². The summed E-state index contributed by atoms with van der Waals surface area (Å²) in [7, 11) is 0.